The number of rotatable bonds is 1. The fraction of sp³-hybridized carbons (Fsp3) is 0.167. The van der Waals surface area contributed by atoms with Gasteiger partial charge in [-0.3, -0.25) is 4.79 Å². The number of carbonyl (C=O) groups excluding carboxylic acids is 1. The van der Waals surface area contributed by atoms with Crippen molar-refractivity contribution in [3.63, 3.8) is 0 Å². The SMILES string of the molecule is CN1N=C(c2cc3ccccc3o2)CC1=O. The summed E-state index contributed by atoms with van der Waals surface area (Å²) in [7, 11) is 1.65. The molecule has 0 bridgehead atoms. The van der Waals surface area contributed by atoms with Crippen LogP contribution in [0, 0.1) is 0 Å². The molecule has 80 valence electrons. The van der Waals surface area contributed by atoms with Crippen molar-refractivity contribution in [1.82, 2.24) is 5.01 Å². The van der Waals surface area contributed by atoms with Crippen LogP contribution in [-0.2, 0) is 4.79 Å². The predicted molar refractivity (Wildman–Crippen MR) is 60.1 cm³/mol. The van der Waals surface area contributed by atoms with E-state index >= 15 is 0 Å². The number of nitrogens with zero attached hydrogens (tertiary/aromatic N) is 2. The summed E-state index contributed by atoms with van der Waals surface area (Å²) in [5.74, 6) is 0.675. The maximum atomic E-state index is 11.3. The molecular formula is C12H10N2O2. The third kappa shape index (κ3) is 1.31. The van der Waals surface area contributed by atoms with Crippen LogP contribution in [0.1, 0.15) is 12.2 Å². The molecule has 2 aromatic rings. The first-order valence-electron chi connectivity index (χ1n) is 5.07. The molecule has 4 heteroatoms. The molecule has 2 heterocycles. The molecule has 4 nitrogen and oxygen atoms in total. The van der Waals surface area contributed by atoms with Crippen LogP contribution < -0.4 is 0 Å². The van der Waals surface area contributed by atoms with E-state index in [9.17, 15) is 4.79 Å². The number of hydrogen-bond acceptors (Lipinski definition) is 3. The van der Waals surface area contributed by atoms with Crippen LogP contribution in [0.2, 0.25) is 0 Å². The molecule has 3 rings (SSSR count). The molecule has 0 atom stereocenters. The second-order valence-electron chi connectivity index (χ2n) is 3.79. The van der Waals surface area contributed by atoms with Gasteiger partial charge >= 0.3 is 0 Å². The summed E-state index contributed by atoms with van der Waals surface area (Å²) >= 11 is 0. The van der Waals surface area contributed by atoms with E-state index in [4.69, 9.17) is 4.42 Å². The number of furan rings is 1. The monoisotopic (exact) mass is 214 g/mol. The summed E-state index contributed by atoms with van der Waals surface area (Å²) in [6.07, 6.45) is 0.316. The maximum absolute atomic E-state index is 11.3. The molecule has 1 aliphatic heterocycles. The molecule has 0 saturated heterocycles. The smallest absolute Gasteiger partial charge is 0.248 e. The van der Waals surface area contributed by atoms with Gasteiger partial charge in [0, 0.05) is 12.4 Å². The molecular weight excluding hydrogens is 204 g/mol. The minimum atomic E-state index is -0.00421. The Bertz CT molecular complexity index is 565. The van der Waals surface area contributed by atoms with Crippen LogP contribution in [-0.4, -0.2) is 23.7 Å². The fourth-order valence-corrected chi connectivity index (χ4v) is 1.79. The molecule has 0 radical (unpaired) electrons. The summed E-state index contributed by atoms with van der Waals surface area (Å²) < 4.78 is 5.64. The van der Waals surface area contributed by atoms with Crippen LogP contribution >= 0.6 is 0 Å². The number of para-hydroxylation sites is 1. The molecule has 0 N–H and O–H groups in total. The summed E-state index contributed by atoms with van der Waals surface area (Å²) in [6.45, 7) is 0. The van der Waals surface area contributed by atoms with Crippen molar-refractivity contribution in [3.05, 3.63) is 36.1 Å². The summed E-state index contributed by atoms with van der Waals surface area (Å²) in [5.41, 5.74) is 1.52. The first-order chi connectivity index (χ1) is 7.74. The first-order valence-corrected chi connectivity index (χ1v) is 5.07. The molecule has 1 aliphatic rings. The van der Waals surface area contributed by atoms with E-state index in [1.54, 1.807) is 7.05 Å². The van der Waals surface area contributed by atoms with Crippen LogP contribution in [0.3, 0.4) is 0 Å². The maximum Gasteiger partial charge on any atom is 0.248 e. The van der Waals surface area contributed by atoms with Gasteiger partial charge in [0.05, 0.1) is 6.42 Å². The zero-order valence-corrected chi connectivity index (χ0v) is 8.80. The Kier molecular flexibility index (Phi) is 1.83. The zero-order valence-electron chi connectivity index (χ0n) is 8.80. The van der Waals surface area contributed by atoms with E-state index in [2.05, 4.69) is 5.10 Å². The van der Waals surface area contributed by atoms with Crippen LogP contribution in [0.25, 0.3) is 11.0 Å². The molecule has 16 heavy (non-hydrogen) atoms. The fourth-order valence-electron chi connectivity index (χ4n) is 1.79. The quantitative estimate of drug-likeness (QED) is 0.728. The van der Waals surface area contributed by atoms with Crippen molar-refractivity contribution in [3.8, 4) is 0 Å². The average Bonchev–Trinajstić information content (AvgIpc) is 2.83. The van der Waals surface area contributed by atoms with Gasteiger partial charge in [-0.05, 0) is 12.1 Å². The van der Waals surface area contributed by atoms with Gasteiger partial charge in [-0.2, -0.15) is 5.10 Å². The Balaban J connectivity index is 2.07. The molecule has 1 aromatic heterocycles. The zero-order chi connectivity index (χ0) is 11.1. The minimum Gasteiger partial charge on any atom is -0.455 e. The Morgan fingerprint density at radius 2 is 2.19 bits per heavy atom. The Labute approximate surface area is 92.1 Å². The highest BCUT2D eigenvalue weighted by atomic mass is 16.3. The largest absolute Gasteiger partial charge is 0.455 e. The number of hydrazone groups is 1. The van der Waals surface area contributed by atoms with Gasteiger partial charge in [0.2, 0.25) is 5.91 Å². The van der Waals surface area contributed by atoms with E-state index in [1.807, 2.05) is 30.3 Å². The van der Waals surface area contributed by atoms with Crippen LogP contribution in [0.15, 0.2) is 39.9 Å². The summed E-state index contributed by atoms with van der Waals surface area (Å²) in [5, 5.41) is 6.52. The molecule has 0 unspecified atom stereocenters. The van der Waals surface area contributed by atoms with Gasteiger partial charge in [-0.15, -0.1) is 0 Å². The third-order valence-electron chi connectivity index (χ3n) is 2.66. The van der Waals surface area contributed by atoms with Crippen molar-refractivity contribution in [1.29, 1.82) is 0 Å². The van der Waals surface area contributed by atoms with E-state index in [0.29, 0.717) is 17.9 Å². The average molecular weight is 214 g/mol. The van der Waals surface area contributed by atoms with Gasteiger partial charge < -0.3 is 4.42 Å². The van der Waals surface area contributed by atoms with Gasteiger partial charge in [-0.25, -0.2) is 5.01 Å². The summed E-state index contributed by atoms with van der Waals surface area (Å²) in [4.78, 5) is 11.3. The van der Waals surface area contributed by atoms with Crippen molar-refractivity contribution in [2.24, 2.45) is 5.10 Å². The van der Waals surface area contributed by atoms with Crippen molar-refractivity contribution in [2.45, 2.75) is 6.42 Å². The molecule has 1 amide bonds. The Morgan fingerprint density at radius 3 is 2.88 bits per heavy atom. The van der Waals surface area contributed by atoms with Crippen molar-refractivity contribution in [2.75, 3.05) is 7.05 Å². The van der Waals surface area contributed by atoms with Gasteiger partial charge in [0.25, 0.3) is 0 Å². The molecule has 0 spiro atoms. The second-order valence-corrected chi connectivity index (χ2v) is 3.79. The standard InChI is InChI=1S/C12H10N2O2/c1-14-12(15)7-9(13-14)11-6-8-4-2-3-5-10(8)16-11/h2-6H,7H2,1H3. The highest BCUT2D eigenvalue weighted by Crippen LogP contribution is 2.22. The lowest BCUT2D eigenvalue weighted by molar-refractivity contribution is -0.127. The van der Waals surface area contributed by atoms with Crippen LogP contribution in [0.5, 0.6) is 0 Å². The van der Waals surface area contributed by atoms with Gasteiger partial charge in [-0.1, -0.05) is 18.2 Å². The molecule has 1 aromatic carbocycles. The Hall–Kier alpha value is -2.10. The number of carbonyl (C=O) groups is 1. The predicted octanol–water partition coefficient (Wildman–Crippen LogP) is 2.00. The van der Waals surface area contributed by atoms with E-state index < -0.39 is 0 Å². The summed E-state index contributed by atoms with van der Waals surface area (Å²) in [6, 6.07) is 9.67. The highest BCUT2D eigenvalue weighted by molar-refractivity contribution is 6.13. The van der Waals surface area contributed by atoms with Crippen LogP contribution in [0.4, 0.5) is 0 Å². The van der Waals surface area contributed by atoms with E-state index in [-0.39, 0.29) is 5.91 Å². The molecule has 0 fully saturated rings. The van der Waals surface area contributed by atoms with E-state index in [0.717, 1.165) is 11.0 Å². The normalized spacial score (nSPS) is 15.9. The van der Waals surface area contributed by atoms with Gasteiger partial charge in [0.1, 0.15) is 11.3 Å². The van der Waals surface area contributed by atoms with E-state index in [1.165, 1.54) is 5.01 Å². The number of benzene rings is 1. The number of hydrogen-bond donors (Lipinski definition) is 0. The highest BCUT2D eigenvalue weighted by Gasteiger charge is 2.23. The second kappa shape index (κ2) is 3.20. The topological polar surface area (TPSA) is 45.8 Å². The number of amides is 1. The molecule has 0 saturated carbocycles. The van der Waals surface area contributed by atoms with Crippen molar-refractivity contribution >= 4 is 22.6 Å². The third-order valence-corrected chi connectivity index (χ3v) is 2.66. The van der Waals surface area contributed by atoms with Gasteiger partial charge in [0.15, 0.2) is 5.76 Å². The number of fused-ring (bicyclic) bond motifs is 1. The lowest BCUT2D eigenvalue weighted by atomic mass is 10.2. The molecule has 0 aliphatic carbocycles. The lowest BCUT2D eigenvalue weighted by Crippen LogP contribution is -2.14. The first kappa shape index (κ1) is 9.15. The Morgan fingerprint density at radius 1 is 1.38 bits per heavy atom. The van der Waals surface area contributed by atoms with Crippen molar-refractivity contribution < 1.29 is 9.21 Å². The minimum absolute atomic E-state index is 0.00421. The lowest BCUT2D eigenvalue weighted by Gasteiger charge is -1.98.